The van der Waals surface area contributed by atoms with Crippen molar-refractivity contribution < 1.29 is 4.74 Å². The lowest BCUT2D eigenvalue weighted by molar-refractivity contribution is 0.00790. The predicted molar refractivity (Wildman–Crippen MR) is 93.2 cm³/mol. The van der Waals surface area contributed by atoms with E-state index in [1.165, 1.54) is 25.7 Å². The first-order chi connectivity index (χ1) is 11.1. The van der Waals surface area contributed by atoms with Crippen LogP contribution in [0.1, 0.15) is 31.5 Å². The Morgan fingerprint density at radius 3 is 2.48 bits per heavy atom. The van der Waals surface area contributed by atoms with Crippen LogP contribution in [0.2, 0.25) is 0 Å². The van der Waals surface area contributed by atoms with Gasteiger partial charge >= 0.3 is 0 Å². The Kier molecular flexibility index (Phi) is 5.33. The molecule has 1 saturated heterocycles. The van der Waals surface area contributed by atoms with Gasteiger partial charge in [0.1, 0.15) is 17.5 Å². The maximum atomic E-state index is 5.46. The van der Waals surface area contributed by atoms with Gasteiger partial charge in [-0.15, -0.1) is 0 Å². The highest BCUT2D eigenvalue weighted by atomic mass is 16.5. The van der Waals surface area contributed by atoms with Crippen LogP contribution in [0.4, 0.5) is 11.6 Å². The smallest absolute Gasteiger partial charge is 0.133 e. The molecule has 3 rings (SSSR count). The minimum Gasteiger partial charge on any atom is -0.379 e. The van der Waals surface area contributed by atoms with E-state index >= 15 is 0 Å². The van der Waals surface area contributed by atoms with Crippen LogP contribution in [0.25, 0.3) is 0 Å². The van der Waals surface area contributed by atoms with E-state index < -0.39 is 0 Å². The van der Waals surface area contributed by atoms with Gasteiger partial charge in [0.2, 0.25) is 0 Å². The number of hydrogen-bond donors (Lipinski definition) is 1. The molecule has 0 unspecified atom stereocenters. The summed E-state index contributed by atoms with van der Waals surface area (Å²) in [6, 6.07) is 3.30. The zero-order chi connectivity index (χ0) is 16.2. The summed E-state index contributed by atoms with van der Waals surface area (Å²) in [6.07, 6.45) is 4.95. The standard InChI is InChI=1S/C17H29N5O/c1-13-18-16(12-17(19-13)21(2)3)20-14-4-6-15(7-5-14)22-8-10-23-11-9-22/h12,14-15H,4-11H2,1-3H3,(H,18,19,20). The second-order valence-electron chi connectivity index (χ2n) is 6.85. The minimum absolute atomic E-state index is 0.525. The molecule has 6 nitrogen and oxygen atoms in total. The van der Waals surface area contributed by atoms with Crippen molar-refractivity contribution in [3.05, 3.63) is 11.9 Å². The largest absolute Gasteiger partial charge is 0.379 e. The van der Waals surface area contributed by atoms with Crippen molar-refractivity contribution in [2.45, 2.75) is 44.7 Å². The molecule has 2 fully saturated rings. The van der Waals surface area contributed by atoms with Crippen LogP contribution in [-0.2, 0) is 4.74 Å². The number of aryl methyl sites for hydroxylation is 1. The third-order valence-electron chi connectivity index (χ3n) is 4.89. The Hall–Kier alpha value is -1.40. The first kappa shape index (κ1) is 16.5. The number of anilines is 2. The van der Waals surface area contributed by atoms with E-state index in [1.54, 1.807) is 0 Å². The number of rotatable bonds is 4. The Morgan fingerprint density at radius 2 is 1.83 bits per heavy atom. The van der Waals surface area contributed by atoms with Crippen molar-refractivity contribution in [3.63, 3.8) is 0 Å². The van der Waals surface area contributed by atoms with Crippen LogP contribution in [0.15, 0.2) is 6.07 Å². The summed E-state index contributed by atoms with van der Waals surface area (Å²) in [4.78, 5) is 13.6. The first-order valence-corrected chi connectivity index (χ1v) is 8.73. The average molecular weight is 319 g/mol. The second kappa shape index (κ2) is 7.45. The van der Waals surface area contributed by atoms with Gasteiger partial charge in [0.15, 0.2) is 0 Å². The van der Waals surface area contributed by atoms with Crippen LogP contribution in [0, 0.1) is 6.92 Å². The Morgan fingerprint density at radius 1 is 1.13 bits per heavy atom. The molecule has 0 spiro atoms. The molecule has 2 heterocycles. The highest BCUT2D eigenvalue weighted by molar-refractivity contribution is 5.49. The maximum absolute atomic E-state index is 5.46. The molecule has 2 aliphatic rings. The molecule has 0 bridgehead atoms. The Balaban J connectivity index is 1.54. The summed E-state index contributed by atoms with van der Waals surface area (Å²) in [6.45, 7) is 5.94. The fraction of sp³-hybridized carbons (Fsp3) is 0.765. The molecule has 0 aromatic carbocycles. The van der Waals surface area contributed by atoms with Crippen LogP contribution >= 0.6 is 0 Å². The lowest BCUT2D eigenvalue weighted by Gasteiger charge is -2.39. The van der Waals surface area contributed by atoms with Gasteiger partial charge < -0.3 is 15.0 Å². The first-order valence-electron chi connectivity index (χ1n) is 8.73. The molecular formula is C17H29N5O. The van der Waals surface area contributed by atoms with Crippen molar-refractivity contribution in [1.82, 2.24) is 14.9 Å². The van der Waals surface area contributed by atoms with Gasteiger partial charge in [-0.3, -0.25) is 4.90 Å². The lowest BCUT2D eigenvalue weighted by Crippen LogP contribution is -2.46. The highest BCUT2D eigenvalue weighted by Gasteiger charge is 2.27. The molecule has 1 aliphatic heterocycles. The van der Waals surface area contributed by atoms with Crippen LogP contribution in [0.3, 0.4) is 0 Å². The molecule has 0 amide bonds. The number of hydrogen-bond acceptors (Lipinski definition) is 6. The van der Waals surface area contributed by atoms with E-state index in [1.807, 2.05) is 32.0 Å². The highest BCUT2D eigenvalue weighted by Crippen LogP contribution is 2.26. The van der Waals surface area contributed by atoms with Crippen LogP contribution in [0.5, 0.6) is 0 Å². The molecule has 1 aromatic rings. The second-order valence-corrected chi connectivity index (χ2v) is 6.85. The van der Waals surface area contributed by atoms with Crippen molar-refractivity contribution in [1.29, 1.82) is 0 Å². The molecule has 6 heteroatoms. The summed E-state index contributed by atoms with van der Waals surface area (Å²) in [5, 5.41) is 3.62. The zero-order valence-electron chi connectivity index (χ0n) is 14.6. The lowest BCUT2D eigenvalue weighted by atomic mass is 9.90. The van der Waals surface area contributed by atoms with Crippen LogP contribution < -0.4 is 10.2 Å². The van der Waals surface area contributed by atoms with Crippen molar-refractivity contribution >= 4 is 11.6 Å². The summed E-state index contributed by atoms with van der Waals surface area (Å²) in [7, 11) is 4.03. The van der Waals surface area contributed by atoms with Crippen molar-refractivity contribution in [2.75, 3.05) is 50.6 Å². The van der Waals surface area contributed by atoms with Crippen LogP contribution in [-0.4, -0.2) is 67.4 Å². The monoisotopic (exact) mass is 319 g/mol. The number of nitrogens with zero attached hydrogens (tertiary/aromatic N) is 4. The van der Waals surface area contributed by atoms with Crippen molar-refractivity contribution in [3.8, 4) is 0 Å². The summed E-state index contributed by atoms with van der Waals surface area (Å²) in [5.74, 6) is 2.73. The maximum Gasteiger partial charge on any atom is 0.133 e. The van der Waals surface area contributed by atoms with Gasteiger partial charge in [0.25, 0.3) is 0 Å². The molecule has 23 heavy (non-hydrogen) atoms. The van der Waals surface area contributed by atoms with Crippen molar-refractivity contribution in [2.24, 2.45) is 0 Å². The fourth-order valence-electron chi connectivity index (χ4n) is 3.59. The Bertz CT molecular complexity index is 508. The molecule has 0 radical (unpaired) electrons. The third kappa shape index (κ3) is 4.32. The van der Waals surface area contributed by atoms with E-state index in [2.05, 4.69) is 20.2 Å². The molecular weight excluding hydrogens is 290 g/mol. The summed E-state index contributed by atoms with van der Waals surface area (Å²) >= 11 is 0. The molecule has 0 atom stereocenters. The zero-order valence-corrected chi connectivity index (χ0v) is 14.6. The van der Waals surface area contributed by atoms with Gasteiger partial charge in [-0.2, -0.15) is 0 Å². The van der Waals surface area contributed by atoms with Gasteiger partial charge in [0.05, 0.1) is 13.2 Å². The summed E-state index contributed by atoms with van der Waals surface area (Å²) in [5.41, 5.74) is 0. The normalized spacial score (nSPS) is 26.0. The SMILES string of the molecule is Cc1nc(NC2CCC(N3CCOCC3)CC2)cc(N(C)C)n1. The minimum atomic E-state index is 0.525. The van der Waals surface area contributed by atoms with E-state index in [0.29, 0.717) is 6.04 Å². The topological polar surface area (TPSA) is 53.5 Å². The average Bonchev–Trinajstić information content (AvgIpc) is 2.56. The van der Waals surface area contributed by atoms with Gasteiger partial charge in [-0.25, -0.2) is 9.97 Å². The summed E-state index contributed by atoms with van der Waals surface area (Å²) < 4.78 is 5.46. The van der Waals surface area contributed by atoms with Gasteiger partial charge in [-0.1, -0.05) is 0 Å². The molecule has 1 aromatic heterocycles. The fourth-order valence-corrected chi connectivity index (χ4v) is 3.59. The Labute approximate surface area is 139 Å². The van der Waals surface area contributed by atoms with E-state index in [4.69, 9.17) is 4.74 Å². The molecule has 128 valence electrons. The number of nitrogens with one attached hydrogen (secondary N) is 1. The molecule has 1 saturated carbocycles. The van der Waals surface area contributed by atoms with E-state index in [0.717, 1.165) is 49.8 Å². The number of ether oxygens (including phenoxy) is 1. The van der Waals surface area contributed by atoms with Gasteiger partial charge in [0, 0.05) is 45.3 Å². The quantitative estimate of drug-likeness (QED) is 0.915. The van der Waals surface area contributed by atoms with E-state index in [9.17, 15) is 0 Å². The van der Waals surface area contributed by atoms with Gasteiger partial charge in [-0.05, 0) is 32.6 Å². The third-order valence-corrected chi connectivity index (χ3v) is 4.89. The molecule has 1 aliphatic carbocycles. The number of aromatic nitrogens is 2. The predicted octanol–water partition coefficient (Wildman–Crippen LogP) is 1.91. The molecule has 1 N–H and O–H groups in total. The number of morpholine rings is 1. The van der Waals surface area contributed by atoms with E-state index in [-0.39, 0.29) is 0 Å².